The maximum Gasteiger partial charge on any atom is 0.264 e. The zero-order valence-electron chi connectivity index (χ0n) is 22.4. The molecule has 1 aliphatic rings. The summed E-state index contributed by atoms with van der Waals surface area (Å²) in [6.45, 7) is 4.05. The van der Waals surface area contributed by atoms with Gasteiger partial charge in [0.05, 0.1) is 16.6 Å². The van der Waals surface area contributed by atoms with Crippen molar-refractivity contribution in [2.24, 2.45) is 0 Å². The van der Waals surface area contributed by atoms with Crippen LogP contribution in [-0.2, 0) is 14.8 Å². The van der Waals surface area contributed by atoms with Crippen molar-refractivity contribution in [1.29, 1.82) is 0 Å². The minimum Gasteiger partial charge on any atom is -0.339 e. The van der Waals surface area contributed by atoms with Crippen LogP contribution in [0, 0.1) is 6.92 Å². The van der Waals surface area contributed by atoms with Crippen LogP contribution in [0.15, 0.2) is 119 Å². The van der Waals surface area contributed by atoms with Gasteiger partial charge in [0.25, 0.3) is 10.0 Å². The Balaban J connectivity index is 1.34. The lowest BCUT2D eigenvalue weighted by Crippen LogP contribution is -2.52. The number of aryl methyl sites for hydroxylation is 1. The molecule has 1 heterocycles. The van der Waals surface area contributed by atoms with Crippen LogP contribution in [-0.4, -0.2) is 56.8 Å². The average Bonchev–Trinajstić information content (AvgIpc) is 2.98. The van der Waals surface area contributed by atoms with Crippen molar-refractivity contribution < 1.29 is 13.2 Å². The van der Waals surface area contributed by atoms with Crippen molar-refractivity contribution in [3.05, 3.63) is 130 Å². The first kappa shape index (κ1) is 28.1. The van der Waals surface area contributed by atoms with Crippen LogP contribution < -0.4 is 4.31 Å². The summed E-state index contributed by atoms with van der Waals surface area (Å²) in [5.41, 5.74) is 3.83. The number of hydrogen-bond acceptors (Lipinski definition) is 4. The molecule has 1 amide bonds. The summed E-state index contributed by atoms with van der Waals surface area (Å²) >= 11 is 3.41. The lowest BCUT2D eigenvalue weighted by atomic mass is 9.96. The lowest BCUT2D eigenvalue weighted by Gasteiger charge is -2.40. The number of piperazine rings is 1. The number of carbonyl (C=O) groups excluding carboxylic acids is 1. The van der Waals surface area contributed by atoms with E-state index in [9.17, 15) is 13.2 Å². The number of anilines is 1. The van der Waals surface area contributed by atoms with Gasteiger partial charge in [-0.3, -0.25) is 14.0 Å². The number of sulfonamides is 1. The fourth-order valence-electron chi connectivity index (χ4n) is 5.10. The second-order valence-corrected chi connectivity index (χ2v) is 12.7. The minimum absolute atomic E-state index is 0.0841. The van der Waals surface area contributed by atoms with Gasteiger partial charge in [0, 0.05) is 30.7 Å². The van der Waals surface area contributed by atoms with E-state index in [1.807, 2.05) is 19.1 Å². The van der Waals surface area contributed by atoms with Crippen LogP contribution in [0.25, 0.3) is 0 Å². The molecule has 0 aliphatic carbocycles. The van der Waals surface area contributed by atoms with Crippen molar-refractivity contribution in [2.75, 3.05) is 37.0 Å². The predicted molar refractivity (Wildman–Crippen MR) is 163 cm³/mol. The highest BCUT2D eigenvalue weighted by molar-refractivity contribution is 9.10. The van der Waals surface area contributed by atoms with Gasteiger partial charge in [-0.1, -0.05) is 94.3 Å². The molecule has 206 valence electrons. The second-order valence-electron chi connectivity index (χ2n) is 9.94. The molecule has 6 nitrogen and oxygen atoms in total. The molecule has 1 saturated heterocycles. The molecule has 0 unspecified atom stereocenters. The molecule has 0 bridgehead atoms. The highest BCUT2D eigenvalue weighted by Gasteiger charge is 2.32. The molecule has 0 saturated carbocycles. The van der Waals surface area contributed by atoms with E-state index in [1.165, 1.54) is 15.4 Å². The molecular formula is C32H32BrN3O3S. The molecule has 8 heteroatoms. The Morgan fingerprint density at radius 2 is 1.30 bits per heavy atom. The molecule has 1 fully saturated rings. The summed E-state index contributed by atoms with van der Waals surface area (Å²) in [5.74, 6) is -0.214. The maximum absolute atomic E-state index is 13.7. The van der Waals surface area contributed by atoms with Crippen LogP contribution in [0.2, 0.25) is 0 Å². The smallest absolute Gasteiger partial charge is 0.264 e. The molecule has 0 atom stereocenters. The summed E-state index contributed by atoms with van der Waals surface area (Å²) in [5, 5.41) is 0. The van der Waals surface area contributed by atoms with E-state index < -0.39 is 10.0 Å². The van der Waals surface area contributed by atoms with E-state index >= 15 is 0 Å². The Labute approximate surface area is 245 Å². The molecule has 4 aromatic carbocycles. The van der Waals surface area contributed by atoms with E-state index in [2.05, 4.69) is 69.4 Å². The van der Waals surface area contributed by atoms with Crippen molar-refractivity contribution in [3.8, 4) is 0 Å². The normalized spacial score (nSPS) is 14.3. The molecule has 0 spiro atoms. The lowest BCUT2D eigenvalue weighted by molar-refractivity contribution is -0.131. The fourth-order valence-corrected chi connectivity index (χ4v) is 6.78. The van der Waals surface area contributed by atoms with E-state index in [-0.39, 0.29) is 23.4 Å². The van der Waals surface area contributed by atoms with Gasteiger partial charge in [0.15, 0.2) is 0 Å². The summed E-state index contributed by atoms with van der Waals surface area (Å²) in [6.07, 6.45) is 0. The van der Waals surface area contributed by atoms with Gasteiger partial charge in [-0.25, -0.2) is 8.42 Å². The molecule has 0 aromatic heterocycles. The highest BCUT2D eigenvalue weighted by atomic mass is 79.9. The second kappa shape index (κ2) is 12.4. The molecule has 1 aliphatic heterocycles. The molecule has 0 radical (unpaired) electrons. The number of carbonyl (C=O) groups is 1. The molecule has 5 rings (SSSR count). The first-order valence-electron chi connectivity index (χ1n) is 13.3. The third kappa shape index (κ3) is 6.30. The summed E-state index contributed by atoms with van der Waals surface area (Å²) in [7, 11) is -3.95. The van der Waals surface area contributed by atoms with Gasteiger partial charge in [-0.05, 0) is 54.4 Å². The Hall–Kier alpha value is -3.46. The average molecular weight is 619 g/mol. The van der Waals surface area contributed by atoms with E-state index in [0.717, 1.165) is 10.0 Å². The van der Waals surface area contributed by atoms with Crippen LogP contribution in [0.3, 0.4) is 0 Å². The van der Waals surface area contributed by atoms with Crippen LogP contribution in [0.4, 0.5) is 5.69 Å². The number of halogens is 1. The predicted octanol–water partition coefficient (Wildman–Crippen LogP) is 5.89. The Morgan fingerprint density at radius 1 is 0.775 bits per heavy atom. The largest absolute Gasteiger partial charge is 0.339 e. The zero-order chi connectivity index (χ0) is 28.1. The number of hydrogen-bond donors (Lipinski definition) is 0. The highest BCUT2D eigenvalue weighted by Crippen LogP contribution is 2.30. The molecule has 4 aromatic rings. The van der Waals surface area contributed by atoms with Crippen molar-refractivity contribution in [3.63, 3.8) is 0 Å². The topological polar surface area (TPSA) is 60.9 Å². The summed E-state index contributed by atoms with van der Waals surface area (Å²) < 4.78 is 29.5. The van der Waals surface area contributed by atoms with Gasteiger partial charge >= 0.3 is 0 Å². The zero-order valence-corrected chi connectivity index (χ0v) is 24.8. The maximum atomic E-state index is 13.7. The number of benzene rings is 4. The van der Waals surface area contributed by atoms with E-state index in [1.54, 1.807) is 53.4 Å². The van der Waals surface area contributed by atoms with Crippen LogP contribution in [0.5, 0.6) is 0 Å². The summed E-state index contributed by atoms with van der Waals surface area (Å²) in [6, 6.07) is 34.6. The number of rotatable bonds is 8. The van der Waals surface area contributed by atoms with Gasteiger partial charge in [-0.15, -0.1) is 0 Å². The third-order valence-corrected chi connectivity index (χ3v) is 9.58. The van der Waals surface area contributed by atoms with Gasteiger partial charge in [0.2, 0.25) is 5.91 Å². The Kier molecular flexibility index (Phi) is 8.69. The standard InChI is InChI=1S/C32H32BrN3O3S/c1-25-12-18-30(19-13-25)40(38,39)36(29-16-14-28(33)15-17-29)24-31(37)34-20-22-35(23-21-34)32(26-8-4-2-5-9-26)27-10-6-3-7-11-27/h2-19,32H,20-24H2,1H3. The third-order valence-electron chi connectivity index (χ3n) is 7.27. The van der Waals surface area contributed by atoms with Crippen molar-refractivity contribution >= 4 is 37.5 Å². The number of amides is 1. The first-order chi connectivity index (χ1) is 19.3. The quantitative estimate of drug-likeness (QED) is 0.247. The fraction of sp³-hybridized carbons (Fsp3) is 0.219. The Morgan fingerprint density at radius 3 is 1.82 bits per heavy atom. The first-order valence-corrected chi connectivity index (χ1v) is 15.5. The van der Waals surface area contributed by atoms with E-state index in [0.29, 0.717) is 31.9 Å². The Bertz CT molecular complexity index is 1480. The van der Waals surface area contributed by atoms with Crippen molar-refractivity contribution in [2.45, 2.75) is 17.9 Å². The van der Waals surface area contributed by atoms with Gasteiger partial charge in [0.1, 0.15) is 6.54 Å². The summed E-state index contributed by atoms with van der Waals surface area (Å²) in [4.78, 5) is 17.9. The van der Waals surface area contributed by atoms with Gasteiger partial charge < -0.3 is 4.90 Å². The van der Waals surface area contributed by atoms with Crippen molar-refractivity contribution in [1.82, 2.24) is 9.80 Å². The molecule has 0 N–H and O–H groups in total. The molecular weight excluding hydrogens is 586 g/mol. The monoisotopic (exact) mass is 617 g/mol. The van der Waals surface area contributed by atoms with Crippen LogP contribution >= 0.6 is 15.9 Å². The number of nitrogens with zero attached hydrogens (tertiary/aromatic N) is 3. The van der Waals surface area contributed by atoms with Crippen LogP contribution in [0.1, 0.15) is 22.7 Å². The minimum atomic E-state index is -3.95. The van der Waals surface area contributed by atoms with E-state index in [4.69, 9.17) is 0 Å². The molecule has 40 heavy (non-hydrogen) atoms. The van der Waals surface area contributed by atoms with Gasteiger partial charge in [-0.2, -0.15) is 0 Å². The SMILES string of the molecule is Cc1ccc(S(=O)(=O)N(CC(=O)N2CCN(C(c3ccccc3)c3ccccc3)CC2)c2ccc(Br)cc2)cc1.